The lowest BCUT2D eigenvalue weighted by atomic mass is 10.1. The SMILES string of the molecule is N#Cc1ccccc1Sc1ccccc1C(=O)Nc1cccc(N2CCCCC2=O)c1. The van der Waals surface area contributed by atoms with Crippen molar-refractivity contribution in [1.82, 2.24) is 0 Å². The van der Waals surface area contributed by atoms with Gasteiger partial charge in [0.15, 0.2) is 0 Å². The number of piperidine rings is 1. The molecule has 1 heterocycles. The summed E-state index contributed by atoms with van der Waals surface area (Å²) >= 11 is 1.39. The van der Waals surface area contributed by atoms with Gasteiger partial charge in [0.05, 0.1) is 11.1 Å². The van der Waals surface area contributed by atoms with Crippen LogP contribution < -0.4 is 10.2 Å². The van der Waals surface area contributed by atoms with Crippen LogP contribution in [0.2, 0.25) is 0 Å². The molecule has 0 bridgehead atoms. The Labute approximate surface area is 185 Å². The van der Waals surface area contributed by atoms with E-state index in [1.54, 1.807) is 17.0 Å². The monoisotopic (exact) mass is 427 g/mol. The van der Waals surface area contributed by atoms with Gasteiger partial charge in [-0.15, -0.1) is 0 Å². The quantitative estimate of drug-likeness (QED) is 0.585. The number of hydrogen-bond acceptors (Lipinski definition) is 4. The predicted octanol–water partition coefficient (Wildman–Crippen LogP) is 5.48. The minimum Gasteiger partial charge on any atom is -0.322 e. The lowest BCUT2D eigenvalue weighted by Gasteiger charge is -2.27. The second-order valence-electron chi connectivity index (χ2n) is 7.21. The Hall–Kier alpha value is -3.56. The van der Waals surface area contributed by atoms with Crippen LogP contribution in [-0.4, -0.2) is 18.4 Å². The number of nitrogens with zero attached hydrogens (tertiary/aromatic N) is 2. The van der Waals surface area contributed by atoms with Gasteiger partial charge >= 0.3 is 0 Å². The van der Waals surface area contributed by atoms with E-state index >= 15 is 0 Å². The van der Waals surface area contributed by atoms with Crippen LogP contribution in [0.15, 0.2) is 82.6 Å². The molecule has 0 spiro atoms. The highest BCUT2D eigenvalue weighted by atomic mass is 32.2. The van der Waals surface area contributed by atoms with E-state index in [1.807, 2.05) is 60.7 Å². The van der Waals surface area contributed by atoms with Crippen LogP contribution >= 0.6 is 11.8 Å². The summed E-state index contributed by atoms with van der Waals surface area (Å²) in [5, 5.41) is 12.3. The number of amides is 2. The maximum Gasteiger partial charge on any atom is 0.256 e. The van der Waals surface area contributed by atoms with Crippen LogP contribution in [0.4, 0.5) is 11.4 Å². The van der Waals surface area contributed by atoms with Crippen LogP contribution in [0, 0.1) is 11.3 Å². The van der Waals surface area contributed by atoms with E-state index in [1.165, 1.54) is 11.8 Å². The average molecular weight is 428 g/mol. The molecule has 0 aromatic heterocycles. The number of nitrogens with one attached hydrogen (secondary N) is 1. The Morgan fingerprint density at radius 3 is 2.55 bits per heavy atom. The van der Waals surface area contributed by atoms with Crippen molar-refractivity contribution < 1.29 is 9.59 Å². The number of anilines is 2. The zero-order valence-corrected chi connectivity index (χ0v) is 17.7. The summed E-state index contributed by atoms with van der Waals surface area (Å²) in [7, 11) is 0. The van der Waals surface area contributed by atoms with Crippen LogP contribution in [-0.2, 0) is 4.79 Å². The number of carbonyl (C=O) groups is 2. The first kappa shape index (κ1) is 20.7. The van der Waals surface area contributed by atoms with Crippen LogP contribution in [0.3, 0.4) is 0 Å². The molecule has 1 N–H and O–H groups in total. The van der Waals surface area contributed by atoms with Crippen molar-refractivity contribution in [1.29, 1.82) is 5.26 Å². The standard InChI is InChI=1S/C25H21N3O2S/c26-17-18-8-1-3-12-22(18)31-23-13-4-2-11-21(23)25(30)27-19-9-7-10-20(16-19)28-15-6-5-14-24(28)29/h1-4,7-13,16H,5-6,14-15H2,(H,27,30). The van der Waals surface area contributed by atoms with Gasteiger partial charge in [-0.1, -0.05) is 42.1 Å². The molecule has 0 unspecified atom stereocenters. The second-order valence-corrected chi connectivity index (χ2v) is 8.30. The summed E-state index contributed by atoms with van der Waals surface area (Å²) in [6.07, 6.45) is 2.47. The van der Waals surface area contributed by atoms with Crippen LogP contribution in [0.1, 0.15) is 35.2 Å². The van der Waals surface area contributed by atoms with Gasteiger partial charge in [-0.3, -0.25) is 9.59 Å². The first-order valence-electron chi connectivity index (χ1n) is 10.1. The van der Waals surface area contributed by atoms with Gasteiger partial charge in [0.25, 0.3) is 5.91 Å². The van der Waals surface area contributed by atoms with E-state index in [9.17, 15) is 14.9 Å². The fourth-order valence-corrected chi connectivity index (χ4v) is 4.56. The van der Waals surface area contributed by atoms with Gasteiger partial charge in [0, 0.05) is 34.1 Å². The highest BCUT2D eigenvalue weighted by molar-refractivity contribution is 7.99. The Morgan fingerprint density at radius 2 is 1.74 bits per heavy atom. The zero-order chi connectivity index (χ0) is 21.6. The molecule has 0 saturated carbocycles. The zero-order valence-electron chi connectivity index (χ0n) is 16.9. The number of hydrogen-bond donors (Lipinski definition) is 1. The van der Waals surface area contributed by atoms with Crippen LogP contribution in [0.5, 0.6) is 0 Å². The largest absolute Gasteiger partial charge is 0.322 e. The van der Waals surface area contributed by atoms with Crippen LogP contribution in [0.25, 0.3) is 0 Å². The molecule has 5 nitrogen and oxygen atoms in total. The van der Waals surface area contributed by atoms with E-state index < -0.39 is 0 Å². The number of nitriles is 1. The van der Waals surface area contributed by atoms with Crippen molar-refractivity contribution in [2.24, 2.45) is 0 Å². The molecule has 1 fully saturated rings. The van der Waals surface area contributed by atoms with E-state index in [0.717, 1.165) is 28.3 Å². The first-order valence-corrected chi connectivity index (χ1v) is 10.9. The lowest BCUT2D eigenvalue weighted by molar-refractivity contribution is -0.119. The summed E-state index contributed by atoms with van der Waals surface area (Å²) in [6, 6.07) is 24.2. The minimum absolute atomic E-state index is 0.118. The molecule has 154 valence electrons. The van der Waals surface area contributed by atoms with Crippen molar-refractivity contribution in [3.8, 4) is 6.07 Å². The fraction of sp³-hybridized carbons (Fsp3) is 0.160. The highest BCUT2D eigenvalue weighted by Gasteiger charge is 2.20. The third kappa shape index (κ3) is 4.79. The van der Waals surface area contributed by atoms with E-state index in [-0.39, 0.29) is 11.8 Å². The van der Waals surface area contributed by atoms with Gasteiger partial charge in [0.1, 0.15) is 6.07 Å². The maximum absolute atomic E-state index is 13.1. The summed E-state index contributed by atoms with van der Waals surface area (Å²) < 4.78 is 0. The minimum atomic E-state index is -0.236. The van der Waals surface area contributed by atoms with Gasteiger partial charge < -0.3 is 10.2 Å². The van der Waals surface area contributed by atoms with Gasteiger partial charge in [-0.25, -0.2) is 0 Å². The molecule has 31 heavy (non-hydrogen) atoms. The number of carbonyl (C=O) groups excluding carboxylic acids is 2. The molecule has 2 amide bonds. The second kappa shape index (κ2) is 9.50. The van der Waals surface area contributed by atoms with Crippen molar-refractivity contribution in [3.05, 3.63) is 83.9 Å². The molecule has 3 aromatic rings. The molecule has 1 aliphatic heterocycles. The van der Waals surface area contributed by atoms with Crippen molar-refractivity contribution in [3.63, 3.8) is 0 Å². The number of rotatable bonds is 5. The van der Waals surface area contributed by atoms with E-state index in [4.69, 9.17) is 0 Å². The smallest absolute Gasteiger partial charge is 0.256 e. The molecule has 1 saturated heterocycles. The Morgan fingerprint density at radius 1 is 0.968 bits per heavy atom. The molecule has 0 atom stereocenters. The molecular formula is C25H21N3O2S. The van der Waals surface area contributed by atoms with Gasteiger partial charge in [-0.2, -0.15) is 5.26 Å². The lowest BCUT2D eigenvalue weighted by Crippen LogP contribution is -2.35. The number of benzene rings is 3. The summed E-state index contributed by atoms with van der Waals surface area (Å²) in [5.74, 6) is -0.118. The summed E-state index contributed by atoms with van der Waals surface area (Å²) in [6.45, 7) is 0.702. The molecule has 0 radical (unpaired) electrons. The van der Waals surface area contributed by atoms with Gasteiger partial charge in [0.2, 0.25) is 5.91 Å². The predicted molar refractivity (Wildman–Crippen MR) is 122 cm³/mol. The Balaban J connectivity index is 1.55. The van der Waals surface area contributed by atoms with Crippen molar-refractivity contribution >= 4 is 35.0 Å². The summed E-state index contributed by atoms with van der Waals surface area (Å²) in [4.78, 5) is 28.6. The van der Waals surface area contributed by atoms with E-state index in [2.05, 4.69) is 11.4 Å². The fourth-order valence-electron chi connectivity index (χ4n) is 3.54. The molecule has 1 aliphatic rings. The molecule has 3 aromatic carbocycles. The van der Waals surface area contributed by atoms with Gasteiger partial charge in [-0.05, 0) is 55.3 Å². The molecule has 0 aliphatic carbocycles. The molecule has 6 heteroatoms. The first-order chi connectivity index (χ1) is 15.2. The van der Waals surface area contributed by atoms with E-state index in [0.29, 0.717) is 29.8 Å². The Kier molecular flexibility index (Phi) is 6.34. The van der Waals surface area contributed by atoms with Crippen molar-refractivity contribution in [2.75, 3.05) is 16.8 Å². The maximum atomic E-state index is 13.1. The third-order valence-corrected chi connectivity index (χ3v) is 6.25. The van der Waals surface area contributed by atoms with Crippen molar-refractivity contribution in [2.45, 2.75) is 29.1 Å². The topological polar surface area (TPSA) is 73.2 Å². The molecule has 4 rings (SSSR count). The summed E-state index contributed by atoms with van der Waals surface area (Å²) in [5.41, 5.74) is 2.53. The Bertz CT molecular complexity index is 1170. The highest BCUT2D eigenvalue weighted by Crippen LogP contribution is 2.33. The normalized spacial score (nSPS) is 13.5. The molecular weight excluding hydrogens is 406 g/mol. The average Bonchev–Trinajstić information content (AvgIpc) is 2.80. The third-order valence-electron chi connectivity index (χ3n) is 5.10.